The number of fused-ring (bicyclic) bond motifs is 1. The summed E-state index contributed by atoms with van der Waals surface area (Å²) in [6, 6.07) is 6.61. The van der Waals surface area contributed by atoms with Crippen molar-refractivity contribution in [2.75, 3.05) is 36.6 Å². The molecule has 1 aromatic carbocycles. The van der Waals surface area contributed by atoms with Crippen molar-refractivity contribution in [3.05, 3.63) is 29.5 Å². The van der Waals surface area contributed by atoms with E-state index in [4.69, 9.17) is 9.47 Å². The van der Waals surface area contributed by atoms with Crippen molar-refractivity contribution in [3.8, 4) is 0 Å². The highest BCUT2D eigenvalue weighted by Gasteiger charge is 2.37. The molecular formula is C20H27N3O3. The lowest BCUT2D eigenvalue weighted by Crippen LogP contribution is -2.35. The molecule has 2 N–H and O–H groups in total. The number of hydrogen-bond donors (Lipinski definition) is 2. The number of morpholine rings is 1. The lowest BCUT2D eigenvalue weighted by Gasteiger charge is -2.22. The first-order chi connectivity index (χ1) is 12.6. The van der Waals surface area contributed by atoms with Crippen LogP contribution in [0.5, 0.6) is 0 Å². The molecule has 2 atom stereocenters. The minimum absolute atomic E-state index is 0.0534. The van der Waals surface area contributed by atoms with E-state index in [9.17, 15) is 4.79 Å². The maximum atomic E-state index is 13.1. The number of amides is 1. The molecule has 3 aliphatic rings. The van der Waals surface area contributed by atoms with Crippen LogP contribution in [0.4, 0.5) is 11.4 Å². The lowest BCUT2D eigenvalue weighted by molar-refractivity contribution is -0.113. The van der Waals surface area contributed by atoms with E-state index in [0.717, 1.165) is 47.8 Å². The van der Waals surface area contributed by atoms with Gasteiger partial charge in [0.15, 0.2) is 0 Å². The molecular weight excluding hydrogens is 330 g/mol. The molecule has 3 aliphatic heterocycles. The second-order valence-corrected chi connectivity index (χ2v) is 7.45. The molecule has 1 amide bonds. The molecule has 6 nitrogen and oxygen atoms in total. The quantitative estimate of drug-likeness (QED) is 0.813. The Balaban J connectivity index is 1.73. The predicted octanol–water partition coefficient (Wildman–Crippen LogP) is 2.36. The number of ether oxygens (including phenoxy) is 2. The molecule has 4 rings (SSSR count). The molecule has 140 valence electrons. The number of hydrogen-bond acceptors (Lipinski definition) is 5. The van der Waals surface area contributed by atoms with Crippen molar-refractivity contribution >= 4 is 22.9 Å². The highest BCUT2D eigenvalue weighted by atomic mass is 16.5. The molecule has 0 saturated carbocycles. The normalized spacial score (nSPS) is 28.5. The van der Waals surface area contributed by atoms with Gasteiger partial charge in [-0.15, -0.1) is 0 Å². The van der Waals surface area contributed by atoms with Gasteiger partial charge in [-0.1, -0.05) is 0 Å². The van der Waals surface area contributed by atoms with Crippen LogP contribution in [0.15, 0.2) is 23.9 Å². The third-order valence-electron chi connectivity index (χ3n) is 5.34. The van der Waals surface area contributed by atoms with Crippen LogP contribution in [0, 0.1) is 0 Å². The van der Waals surface area contributed by atoms with Crippen molar-refractivity contribution in [2.45, 2.75) is 45.4 Å². The zero-order valence-electron chi connectivity index (χ0n) is 15.7. The Bertz CT molecular complexity index is 736. The second kappa shape index (κ2) is 6.93. The summed E-state index contributed by atoms with van der Waals surface area (Å²) in [5, 5.41) is 6.93. The molecule has 2 unspecified atom stereocenters. The zero-order valence-corrected chi connectivity index (χ0v) is 15.7. The van der Waals surface area contributed by atoms with E-state index in [1.807, 2.05) is 24.8 Å². The molecule has 0 spiro atoms. The number of nitrogens with one attached hydrogen (secondary N) is 2. The van der Waals surface area contributed by atoms with E-state index in [1.165, 1.54) is 0 Å². The summed E-state index contributed by atoms with van der Waals surface area (Å²) in [7, 11) is 0. The van der Waals surface area contributed by atoms with Crippen molar-refractivity contribution in [1.82, 2.24) is 5.32 Å². The average molecular weight is 357 g/mol. The molecule has 6 heteroatoms. The number of rotatable bonds is 3. The molecule has 1 aromatic rings. The standard InChI is InChI=1S/C20H27N3O3/c1-12(2)23-18-5-4-14(22-16-6-8-26-13(16)3)10-15(18)19(20(23)24)17-11-25-9-7-21-17/h4-5,10,12-13,16,21-22H,6-9,11H2,1-3H3/b19-17-. The van der Waals surface area contributed by atoms with E-state index in [0.29, 0.717) is 19.3 Å². The highest BCUT2D eigenvalue weighted by Crippen LogP contribution is 2.41. The fraction of sp³-hybridized carbons (Fsp3) is 0.550. The Morgan fingerprint density at radius 1 is 1.31 bits per heavy atom. The average Bonchev–Trinajstić information content (AvgIpc) is 3.15. The topological polar surface area (TPSA) is 62.8 Å². The summed E-state index contributed by atoms with van der Waals surface area (Å²) in [6.45, 7) is 8.84. The number of carbonyl (C=O) groups is 1. The third-order valence-corrected chi connectivity index (χ3v) is 5.34. The summed E-state index contributed by atoms with van der Waals surface area (Å²) in [4.78, 5) is 15.0. The Kier molecular flexibility index (Phi) is 4.63. The van der Waals surface area contributed by atoms with Gasteiger partial charge in [-0.05, 0) is 45.4 Å². The van der Waals surface area contributed by atoms with E-state index in [1.54, 1.807) is 0 Å². The van der Waals surface area contributed by atoms with Crippen molar-refractivity contribution in [1.29, 1.82) is 0 Å². The van der Waals surface area contributed by atoms with E-state index < -0.39 is 0 Å². The van der Waals surface area contributed by atoms with E-state index in [2.05, 4.69) is 29.7 Å². The van der Waals surface area contributed by atoms with Crippen LogP contribution < -0.4 is 15.5 Å². The fourth-order valence-corrected chi connectivity index (χ4v) is 3.98. The van der Waals surface area contributed by atoms with Gasteiger partial charge in [-0.25, -0.2) is 0 Å². The minimum Gasteiger partial charge on any atom is -0.383 e. The summed E-state index contributed by atoms with van der Waals surface area (Å²) in [6.07, 6.45) is 1.20. The molecule has 26 heavy (non-hydrogen) atoms. The number of anilines is 2. The monoisotopic (exact) mass is 357 g/mol. The summed E-state index contributed by atoms with van der Waals surface area (Å²) in [5.74, 6) is 0.0534. The van der Waals surface area contributed by atoms with Crippen LogP contribution in [-0.2, 0) is 14.3 Å². The molecule has 0 aromatic heterocycles. The number of nitrogens with zero attached hydrogens (tertiary/aromatic N) is 1. The first-order valence-electron chi connectivity index (χ1n) is 9.47. The zero-order chi connectivity index (χ0) is 18.3. The highest BCUT2D eigenvalue weighted by molar-refractivity contribution is 6.33. The first-order valence-corrected chi connectivity index (χ1v) is 9.47. The van der Waals surface area contributed by atoms with Gasteiger partial charge in [0.1, 0.15) is 0 Å². The Labute approximate surface area is 154 Å². The number of benzene rings is 1. The summed E-state index contributed by atoms with van der Waals surface area (Å²) in [5.41, 5.74) is 4.61. The van der Waals surface area contributed by atoms with Crippen LogP contribution in [0.3, 0.4) is 0 Å². The van der Waals surface area contributed by atoms with Crippen LogP contribution in [0.2, 0.25) is 0 Å². The van der Waals surface area contributed by atoms with Crippen LogP contribution in [0.1, 0.15) is 32.8 Å². The van der Waals surface area contributed by atoms with Gasteiger partial charge in [0, 0.05) is 30.4 Å². The van der Waals surface area contributed by atoms with Gasteiger partial charge >= 0.3 is 0 Å². The molecule has 2 fully saturated rings. The molecule has 0 bridgehead atoms. The van der Waals surface area contributed by atoms with Crippen molar-refractivity contribution < 1.29 is 14.3 Å². The van der Waals surface area contributed by atoms with Gasteiger partial charge in [0.05, 0.1) is 42.3 Å². The van der Waals surface area contributed by atoms with E-state index >= 15 is 0 Å². The maximum Gasteiger partial charge on any atom is 0.261 e. The Morgan fingerprint density at radius 2 is 2.15 bits per heavy atom. The Morgan fingerprint density at radius 3 is 2.81 bits per heavy atom. The summed E-state index contributed by atoms with van der Waals surface area (Å²) < 4.78 is 11.2. The molecule has 2 saturated heterocycles. The van der Waals surface area contributed by atoms with Crippen LogP contribution in [-0.4, -0.2) is 50.5 Å². The van der Waals surface area contributed by atoms with Crippen LogP contribution >= 0.6 is 0 Å². The molecule has 0 radical (unpaired) electrons. The number of carbonyl (C=O) groups excluding carboxylic acids is 1. The fourth-order valence-electron chi connectivity index (χ4n) is 3.98. The predicted molar refractivity (Wildman–Crippen MR) is 102 cm³/mol. The van der Waals surface area contributed by atoms with Crippen molar-refractivity contribution in [2.24, 2.45) is 0 Å². The Hall–Kier alpha value is -2.05. The van der Waals surface area contributed by atoms with Gasteiger partial charge in [-0.2, -0.15) is 0 Å². The van der Waals surface area contributed by atoms with Crippen molar-refractivity contribution in [3.63, 3.8) is 0 Å². The maximum absolute atomic E-state index is 13.1. The largest absolute Gasteiger partial charge is 0.383 e. The second-order valence-electron chi connectivity index (χ2n) is 7.45. The molecule has 0 aliphatic carbocycles. The third kappa shape index (κ3) is 2.97. The molecule has 3 heterocycles. The van der Waals surface area contributed by atoms with E-state index in [-0.39, 0.29) is 18.1 Å². The SMILES string of the molecule is CC1OCCC1Nc1ccc2c(c1)/C(=C1\COCCN1)C(=O)N2C(C)C. The minimum atomic E-state index is 0.0534. The van der Waals surface area contributed by atoms with Gasteiger partial charge < -0.3 is 25.0 Å². The lowest BCUT2D eigenvalue weighted by atomic mass is 10.0. The first kappa shape index (κ1) is 17.4. The van der Waals surface area contributed by atoms with Crippen LogP contribution in [0.25, 0.3) is 5.57 Å². The smallest absolute Gasteiger partial charge is 0.261 e. The van der Waals surface area contributed by atoms with Gasteiger partial charge in [-0.3, -0.25) is 4.79 Å². The van der Waals surface area contributed by atoms with Gasteiger partial charge in [0.25, 0.3) is 5.91 Å². The van der Waals surface area contributed by atoms with Gasteiger partial charge in [0.2, 0.25) is 0 Å². The summed E-state index contributed by atoms with van der Waals surface area (Å²) >= 11 is 0.